The molecule has 1 atom stereocenters. The number of primary sulfonamides is 1. The molecule has 4 heteroatoms. The van der Waals surface area contributed by atoms with Gasteiger partial charge in [-0.15, -0.1) is 6.58 Å². The van der Waals surface area contributed by atoms with E-state index in [1.165, 1.54) is 6.08 Å². The summed E-state index contributed by atoms with van der Waals surface area (Å²) >= 11 is 0. The van der Waals surface area contributed by atoms with Crippen LogP contribution < -0.4 is 5.14 Å². The standard InChI is InChI=1S/C5H11NO2S/c1-3-5(4-2)9(6,7)8/h3,5H,1,4H2,2H3,(H2,6,7,8)/t5-/m0/s1. The quantitative estimate of drug-likeness (QED) is 0.584. The van der Waals surface area contributed by atoms with Crippen LogP contribution in [0.15, 0.2) is 12.7 Å². The summed E-state index contributed by atoms with van der Waals surface area (Å²) in [6, 6.07) is 0. The summed E-state index contributed by atoms with van der Waals surface area (Å²) in [6.45, 7) is 5.09. The molecule has 0 aromatic carbocycles. The topological polar surface area (TPSA) is 60.2 Å². The number of rotatable bonds is 3. The molecule has 0 heterocycles. The van der Waals surface area contributed by atoms with Crippen LogP contribution >= 0.6 is 0 Å². The van der Waals surface area contributed by atoms with Gasteiger partial charge in [-0.3, -0.25) is 0 Å². The maximum atomic E-state index is 10.5. The Morgan fingerprint density at radius 2 is 2.22 bits per heavy atom. The van der Waals surface area contributed by atoms with Gasteiger partial charge in [0.05, 0.1) is 5.25 Å². The number of nitrogens with two attached hydrogens (primary N) is 1. The molecule has 0 unspecified atom stereocenters. The molecule has 2 N–H and O–H groups in total. The van der Waals surface area contributed by atoms with Gasteiger partial charge in [-0.05, 0) is 6.42 Å². The van der Waals surface area contributed by atoms with Crippen molar-refractivity contribution in [1.29, 1.82) is 0 Å². The molecule has 0 fully saturated rings. The fraction of sp³-hybridized carbons (Fsp3) is 0.600. The summed E-state index contributed by atoms with van der Waals surface area (Å²) in [5.41, 5.74) is 0. The van der Waals surface area contributed by atoms with Crippen LogP contribution in [-0.4, -0.2) is 13.7 Å². The summed E-state index contributed by atoms with van der Waals surface area (Å²) in [4.78, 5) is 0. The van der Waals surface area contributed by atoms with Crippen molar-refractivity contribution >= 4 is 10.0 Å². The van der Waals surface area contributed by atoms with Gasteiger partial charge >= 0.3 is 0 Å². The lowest BCUT2D eigenvalue weighted by Gasteiger charge is -2.03. The molecule has 0 aliphatic carbocycles. The Morgan fingerprint density at radius 3 is 2.22 bits per heavy atom. The molecular weight excluding hydrogens is 138 g/mol. The Balaban J connectivity index is 4.32. The molecule has 0 saturated heterocycles. The van der Waals surface area contributed by atoms with Gasteiger partial charge in [0.2, 0.25) is 10.0 Å². The fourth-order valence-corrected chi connectivity index (χ4v) is 1.27. The predicted molar refractivity (Wildman–Crippen MR) is 37.4 cm³/mol. The summed E-state index contributed by atoms with van der Waals surface area (Å²) in [7, 11) is -3.38. The van der Waals surface area contributed by atoms with E-state index >= 15 is 0 Å². The van der Waals surface area contributed by atoms with E-state index in [0.717, 1.165) is 0 Å². The third kappa shape index (κ3) is 2.62. The van der Waals surface area contributed by atoms with E-state index in [1.807, 2.05) is 0 Å². The monoisotopic (exact) mass is 149 g/mol. The first-order valence-electron chi connectivity index (χ1n) is 2.66. The minimum Gasteiger partial charge on any atom is -0.228 e. The Kier molecular flexibility index (Phi) is 2.87. The molecule has 0 bridgehead atoms. The maximum Gasteiger partial charge on any atom is 0.215 e. The van der Waals surface area contributed by atoms with Gasteiger partial charge in [0, 0.05) is 0 Å². The first kappa shape index (κ1) is 8.65. The van der Waals surface area contributed by atoms with Crippen LogP contribution in [-0.2, 0) is 10.0 Å². The highest BCUT2D eigenvalue weighted by atomic mass is 32.2. The second-order valence-electron chi connectivity index (χ2n) is 1.77. The average molecular weight is 149 g/mol. The van der Waals surface area contributed by atoms with E-state index in [-0.39, 0.29) is 0 Å². The Morgan fingerprint density at radius 1 is 1.78 bits per heavy atom. The van der Waals surface area contributed by atoms with Crippen molar-refractivity contribution in [2.45, 2.75) is 18.6 Å². The molecule has 0 aliphatic rings. The molecule has 3 nitrogen and oxygen atoms in total. The van der Waals surface area contributed by atoms with Gasteiger partial charge in [-0.1, -0.05) is 13.0 Å². The molecule has 0 amide bonds. The number of hydrogen-bond donors (Lipinski definition) is 1. The SMILES string of the molecule is C=C[C@@H](CC)S(N)(=O)=O. The molecule has 0 aromatic rings. The highest BCUT2D eigenvalue weighted by Gasteiger charge is 2.13. The van der Waals surface area contributed by atoms with E-state index in [0.29, 0.717) is 6.42 Å². The summed E-state index contributed by atoms with van der Waals surface area (Å²) < 4.78 is 21.0. The van der Waals surface area contributed by atoms with Crippen molar-refractivity contribution < 1.29 is 8.42 Å². The van der Waals surface area contributed by atoms with Gasteiger partial charge in [0.25, 0.3) is 0 Å². The average Bonchev–Trinajstić information content (AvgIpc) is 1.65. The van der Waals surface area contributed by atoms with Crippen LogP contribution in [0.3, 0.4) is 0 Å². The summed E-state index contributed by atoms with van der Waals surface area (Å²) in [5.74, 6) is 0. The lowest BCUT2D eigenvalue weighted by atomic mass is 10.3. The van der Waals surface area contributed by atoms with Crippen molar-refractivity contribution in [2.24, 2.45) is 5.14 Å². The third-order valence-corrected chi connectivity index (χ3v) is 2.46. The predicted octanol–water partition coefficient (Wildman–Crippen LogP) is 0.240. The molecule has 0 aromatic heterocycles. The number of sulfonamides is 1. The molecule has 0 saturated carbocycles. The van der Waals surface area contributed by atoms with Crippen LogP contribution in [0.2, 0.25) is 0 Å². The normalized spacial score (nSPS) is 14.9. The second kappa shape index (κ2) is 2.98. The molecule has 0 spiro atoms. The molecule has 0 rings (SSSR count). The van der Waals surface area contributed by atoms with Crippen LogP contribution in [0.1, 0.15) is 13.3 Å². The van der Waals surface area contributed by atoms with Crippen molar-refractivity contribution in [1.82, 2.24) is 0 Å². The Labute approximate surface area is 55.6 Å². The van der Waals surface area contributed by atoms with Crippen molar-refractivity contribution in [3.05, 3.63) is 12.7 Å². The highest BCUT2D eigenvalue weighted by Crippen LogP contribution is 2.00. The molecular formula is C5H11NO2S. The van der Waals surface area contributed by atoms with Crippen LogP contribution in [0.25, 0.3) is 0 Å². The van der Waals surface area contributed by atoms with E-state index in [2.05, 4.69) is 6.58 Å². The van der Waals surface area contributed by atoms with Gasteiger partial charge in [0.1, 0.15) is 0 Å². The number of hydrogen-bond acceptors (Lipinski definition) is 2. The Hall–Kier alpha value is -0.350. The molecule has 54 valence electrons. The molecule has 9 heavy (non-hydrogen) atoms. The smallest absolute Gasteiger partial charge is 0.215 e. The van der Waals surface area contributed by atoms with Crippen LogP contribution in [0.5, 0.6) is 0 Å². The lowest BCUT2D eigenvalue weighted by Crippen LogP contribution is -2.25. The van der Waals surface area contributed by atoms with Crippen molar-refractivity contribution in [3.8, 4) is 0 Å². The van der Waals surface area contributed by atoms with Crippen molar-refractivity contribution in [2.75, 3.05) is 0 Å². The minimum absolute atomic E-state index is 0.488. The first-order valence-corrected chi connectivity index (χ1v) is 4.27. The zero-order valence-corrected chi connectivity index (χ0v) is 6.19. The zero-order valence-electron chi connectivity index (χ0n) is 5.37. The van der Waals surface area contributed by atoms with E-state index in [4.69, 9.17) is 5.14 Å². The van der Waals surface area contributed by atoms with Gasteiger partial charge in [0.15, 0.2) is 0 Å². The van der Waals surface area contributed by atoms with E-state index < -0.39 is 15.3 Å². The zero-order chi connectivity index (χ0) is 7.49. The lowest BCUT2D eigenvalue weighted by molar-refractivity contribution is 0.588. The first-order chi connectivity index (χ1) is 4.02. The van der Waals surface area contributed by atoms with E-state index in [1.54, 1.807) is 6.92 Å². The van der Waals surface area contributed by atoms with Gasteiger partial charge < -0.3 is 0 Å². The summed E-state index contributed by atoms with van der Waals surface area (Å²) in [6.07, 6.45) is 1.83. The van der Waals surface area contributed by atoms with E-state index in [9.17, 15) is 8.42 Å². The van der Waals surface area contributed by atoms with Crippen molar-refractivity contribution in [3.63, 3.8) is 0 Å². The molecule has 0 aliphatic heterocycles. The fourth-order valence-electron chi connectivity index (χ4n) is 0.533. The Bertz CT molecular complexity index is 183. The third-order valence-electron chi connectivity index (χ3n) is 1.09. The maximum absolute atomic E-state index is 10.5. The minimum atomic E-state index is -3.38. The molecule has 0 radical (unpaired) electrons. The van der Waals surface area contributed by atoms with Gasteiger partial charge in [-0.25, -0.2) is 13.6 Å². The van der Waals surface area contributed by atoms with Gasteiger partial charge in [-0.2, -0.15) is 0 Å². The van der Waals surface area contributed by atoms with Crippen LogP contribution in [0, 0.1) is 0 Å². The highest BCUT2D eigenvalue weighted by molar-refractivity contribution is 7.89. The van der Waals surface area contributed by atoms with Crippen LogP contribution in [0.4, 0.5) is 0 Å². The second-order valence-corrected chi connectivity index (χ2v) is 3.55. The summed E-state index contributed by atoms with van der Waals surface area (Å²) in [5, 5.41) is 4.22. The largest absolute Gasteiger partial charge is 0.228 e.